The quantitative estimate of drug-likeness (QED) is 0.912. The highest BCUT2D eigenvalue weighted by Crippen LogP contribution is 2.31. The van der Waals surface area contributed by atoms with Crippen LogP contribution in [0.5, 0.6) is 0 Å². The Kier molecular flexibility index (Phi) is 6.41. The third kappa shape index (κ3) is 3.86. The number of nitrogens with zero attached hydrogens (tertiary/aromatic N) is 1. The summed E-state index contributed by atoms with van der Waals surface area (Å²) < 4.78 is 11.3. The number of hydrogen-bond acceptors (Lipinski definition) is 4. The molecule has 3 rings (SSSR count). The summed E-state index contributed by atoms with van der Waals surface area (Å²) >= 11 is 0. The van der Waals surface area contributed by atoms with Crippen LogP contribution in [0.2, 0.25) is 0 Å². The van der Waals surface area contributed by atoms with Crippen molar-refractivity contribution in [2.75, 3.05) is 20.3 Å². The molecule has 4 unspecified atom stereocenters. The maximum absolute atomic E-state index is 12.9. The van der Waals surface area contributed by atoms with Crippen molar-refractivity contribution in [1.29, 1.82) is 0 Å². The van der Waals surface area contributed by atoms with Gasteiger partial charge in [0.1, 0.15) is 6.04 Å². The van der Waals surface area contributed by atoms with Crippen molar-refractivity contribution in [1.82, 2.24) is 4.90 Å². The zero-order valence-corrected chi connectivity index (χ0v) is 14.2. The zero-order valence-electron chi connectivity index (χ0n) is 13.4. The summed E-state index contributed by atoms with van der Waals surface area (Å²) in [7, 11) is 1.73. The van der Waals surface area contributed by atoms with Gasteiger partial charge in [0.25, 0.3) is 0 Å². The first-order valence-electron chi connectivity index (χ1n) is 7.96. The average Bonchev–Trinajstić information content (AvgIpc) is 2.60. The molecule has 2 fully saturated rings. The third-order valence-corrected chi connectivity index (χ3v) is 4.81. The lowest BCUT2D eigenvalue weighted by atomic mass is 9.87. The summed E-state index contributed by atoms with van der Waals surface area (Å²) in [6.45, 7) is 1.20. The van der Waals surface area contributed by atoms with E-state index in [9.17, 15) is 4.79 Å². The van der Waals surface area contributed by atoms with Gasteiger partial charge in [-0.3, -0.25) is 4.79 Å². The van der Waals surface area contributed by atoms with Crippen molar-refractivity contribution >= 4 is 18.3 Å². The zero-order chi connectivity index (χ0) is 15.5. The first-order valence-corrected chi connectivity index (χ1v) is 7.96. The number of ether oxygens (including phenoxy) is 2. The molecular weight excluding hydrogens is 316 g/mol. The fourth-order valence-corrected chi connectivity index (χ4v) is 3.54. The van der Waals surface area contributed by atoms with Gasteiger partial charge in [0, 0.05) is 13.7 Å². The molecule has 128 valence electrons. The maximum Gasteiger partial charge on any atom is 0.244 e. The molecule has 5 nitrogen and oxygen atoms in total. The number of halogens is 1. The minimum absolute atomic E-state index is 0. The Morgan fingerprint density at radius 2 is 2.09 bits per heavy atom. The van der Waals surface area contributed by atoms with Gasteiger partial charge in [-0.15, -0.1) is 12.4 Å². The second-order valence-electron chi connectivity index (χ2n) is 6.07. The van der Waals surface area contributed by atoms with Gasteiger partial charge < -0.3 is 20.1 Å². The molecule has 4 atom stereocenters. The van der Waals surface area contributed by atoms with Crippen LogP contribution in [-0.4, -0.2) is 49.3 Å². The number of carbonyl (C=O) groups excluding carboxylic acids is 1. The predicted octanol–water partition coefficient (Wildman–Crippen LogP) is 1.90. The fourth-order valence-electron chi connectivity index (χ4n) is 3.54. The van der Waals surface area contributed by atoms with Gasteiger partial charge in [-0.05, 0) is 24.8 Å². The van der Waals surface area contributed by atoms with Gasteiger partial charge in [-0.25, -0.2) is 0 Å². The van der Waals surface area contributed by atoms with Crippen molar-refractivity contribution in [2.45, 2.75) is 43.6 Å². The Balaban J connectivity index is 0.00000192. The highest BCUT2D eigenvalue weighted by molar-refractivity contribution is 5.85. The normalized spacial score (nSPS) is 28.4. The summed E-state index contributed by atoms with van der Waals surface area (Å²) in [6, 6.07) is 9.02. The van der Waals surface area contributed by atoms with Crippen molar-refractivity contribution in [3.8, 4) is 0 Å². The fraction of sp³-hybridized carbons (Fsp3) is 0.588. The number of morpholine rings is 1. The SMILES string of the molecule is COC1CCC2OCCN(C(=O)C(N)c3ccccc3)C2C1.Cl. The lowest BCUT2D eigenvalue weighted by molar-refractivity contribution is -0.156. The molecule has 1 aromatic rings. The van der Waals surface area contributed by atoms with Gasteiger partial charge in [0.15, 0.2) is 0 Å². The van der Waals surface area contributed by atoms with E-state index < -0.39 is 6.04 Å². The van der Waals surface area contributed by atoms with Crippen LogP contribution in [0.4, 0.5) is 0 Å². The van der Waals surface area contributed by atoms with E-state index in [0.29, 0.717) is 13.2 Å². The summed E-state index contributed by atoms with van der Waals surface area (Å²) in [6.07, 6.45) is 3.07. The molecule has 1 saturated carbocycles. The molecule has 1 aliphatic carbocycles. The van der Waals surface area contributed by atoms with Crippen LogP contribution in [0.1, 0.15) is 30.9 Å². The molecule has 1 aromatic carbocycles. The van der Waals surface area contributed by atoms with Crippen molar-refractivity contribution in [3.63, 3.8) is 0 Å². The molecule has 0 bridgehead atoms. The van der Waals surface area contributed by atoms with Crippen molar-refractivity contribution < 1.29 is 14.3 Å². The van der Waals surface area contributed by atoms with E-state index in [4.69, 9.17) is 15.2 Å². The molecule has 1 heterocycles. The maximum atomic E-state index is 12.9. The molecule has 1 amide bonds. The Hall–Kier alpha value is -1.14. The third-order valence-electron chi connectivity index (χ3n) is 4.81. The number of carbonyl (C=O) groups is 1. The first-order chi connectivity index (χ1) is 10.7. The second kappa shape index (κ2) is 8.11. The number of benzene rings is 1. The van der Waals surface area contributed by atoms with E-state index >= 15 is 0 Å². The molecule has 2 N–H and O–H groups in total. The highest BCUT2D eigenvalue weighted by atomic mass is 35.5. The summed E-state index contributed by atoms with van der Waals surface area (Å²) in [5, 5.41) is 0. The average molecular weight is 341 g/mol. The molecule has 2 aliphatic rings. The molecule has 6 heteroatoms. The standard InChI is InChI=1S/C17H24N2O3.ClH/c1-21-13-7-8-15-14(11-13)19(9-10-22-15)17(20)16(18)12-5-3-2-4-6-12;/h2-6,13-16H,7-11,18H2,1H3;1H. The Bertz CT molecular complexity index is 514. The second-order valence-corrected chi connectivity index (χ2v) is 6.07. The monoisotopic (exact) mass is 340 g/mol. The van der Waals surface area contributed by atoms with Gasteiger partial charge in [-0.1, -0.05) is 30.3 Å². The largest absolute Gasteiger partial charge is 0.381 e. The summed E-state index contributed by atoms with van der Waals surface area (Å²) in [5.41, 5.74) is 7.05. The Morgan fingerprint density at radius 1 is 1.35 bits per heavy atom. The number of hydrogen-bond donors (Lipinski definition) is 1. The van der Waals surface area contributed by atoms with E-state index in [-0.39, 0.29) is 36.6 Å². The number of fused-ring (bicyclic) bond motifs is 1. The van der Waals surface area contributed by atoms with Crippen molar-refractivity contribution in [3.05, 3.63) is 35.9 Å². The molecule has 1 aliphatic heterocycles. The Morgan fingerprint density at radius 3 is 2.78 bits per heavy atom. The van der Waals surface area contributed by atoms with Crippen LogP contribution in [0, 0.1) is 0 Å². The smallest absolute Gasteiger partial charge is 0.244 e. The van der Waals surface area contributed by atoms with Gasteiger partial charge >= 0.3 is 0 Å². The van der Waals surface area contributed by atoms with Crippen LogP contribution < -0.4 is 5.73 Å². The molecule has 0 radical (unpaired) electrons. The highest BCUT2D eigenvalue weighted by Gasteiger charge is 2.41. The minimum atomic E-state index is -0.608. The lowest BCUT2D eigenvalue weighted by Gasteiger charge is -2.46. The Labute approximate surface area is 143 Å². The van der Waals surface area contributed by atoms with Crippen LogP contribution in [0.15, 0.2) is 30.3 Å². The first kappa shape index (κ1) is 18.2. The molecular formula is C17H25ClN2O3. The van der Waals surface area contributed by atoms with Crippen molar-refractivity contribution in [2.24, 2.45) is 5.73 Å². The predicted molar refractivity (Wildman–Crippen MR) is 90.5 cm³/mol. The van der Waals surface area contributed by atoms with E-state index in [1.807, 2.05) is 35.2 Å². The van der Waals surface area contributed by atoms with Crippen LogP contribution in [0.3, 0.4) is 0 Å². The number of rotatable bonds is 3. The number of nitrogens with two attached hydrogens (primary N) is 1. The van der Waals surface area contributed by atoms with Gasteiger partial charge in [0.2, 0.25) is 5.91 Å². The molecule has 0 spiro atoms. The van der Waals surface area contributed by atoms with Gasteiger partial charge in [-0.2, -0.15) is 0 Å². The van der Waals surface area contributed by atoms with E-state index in [0.717, 1.165) is 24.8 Å². The minimum Gasteiger partial charge on any atom is -0.381 e. The van der Waals surface area contributed by atoms with E-state index in [2.05, 4.69) is 0 Å². The summed E-state index contributed by atoms with van der Waals surface area (Å²) in [4.78, 5) is 14.8. The van der Waals surface area contributed by atoms with Crippen LogP contribution >= 0.6 is 12.4 Å². The number of amides is 1. The topological polar surface area (TPSA) is 64.8 Å². The molecule has 23 heavy (non-hydrogen) atoms. The van der Waals surface area contributed by atoms with Crippen LogP contribution in [0.25, 0.3) is 0 Å². The molecule has 0 aromatic heterocycles. The summed E-state index contributed by atoms with van der Waals surface area (Å²) in [5.74, 6) is -0.0127. The lowest BCUT2D eigenvalue weighted by Crippen LogP contribution is -2.58. The van der Waals surface area contributed by atoms with E-state index in [1.54, 1.807) is 7.11 Å². The van der Waals surface area contributed by atoms with Crippen LogP contribution in [-0.2, 0) is 14.3 Å². The van der Waals surface area contributed by atoms with Gasteiger partial charge in [0.05, 0.1) is 24.9 Å². The number of methoxy groups -OCH3 is 1. The molecule has 1 saturated heterocycles. The van der Waals surface area contributed by atoms with E-state index in [1.165, 1.54) is 0 Å².